The molecule has 1 spiro atoms. The molecule has 6 atom stereocenters. The standard InChI is InChI=1S/C36H44N4O2/c41-30-14-11-13-26-27-15-18-37-32(33(27)38-31(26)30)28-23-36(42)17-8-4-1-2-5-9-19-39-21-16-29(28)35(24-39)22-25-12-7-3-6-10-20-40(25)34(35)36/h1,4,7,11-15,18,23,25,29,34,38,41-42H,2-3,5-6,8-10,16-17,19-22,24H2/b4-1-,12-7-/t25-,29-,34?,35+,36-/m0/s1. The molecule has 0 saturated carbocycles. The number of aromatic nitrogens is 2. The number of aromatic hydroxyl groups is 1. The maximum atomic E-state index is 13.1. The summed E-state index contributed by atoms with van der Waals surface area (Å²) in [5.41, 5.74) is 2.89. The summed E-state index contributed by atoms with van der Waals surface area (Å²) in [5.74, 6) is 0.581. The van der Waals surface area contributed by atoms with Gasteiger partial charge in [0.25, 0.3) is 0 Å². The number of hydrogen-bond donors (Lipinski definition) is 3. The van der Waals surface area contributed by atoms with Crippen LogP contribution in [0.1, 0.15) is 69.9 Å². The van der Waals surface area contributed by atoms with Crippen molar-refractivity contribution >= 4 is 27.4 Å². The fourth-order valence-electron chi connectivity index (χ4n) is 9.64. The van der Waals surface area contributed by atoms with Gasteiger partial charge in [-0.3, -0.25) is 9.88 Å². The van der Waals surface area contributed by atoms with Crippen LogP contribution in [0.2, 0.25) is 0 Å². The molecule has 220 valence electrons. The third kappa shape index (κ3) is 4.13. The van der Waals surface area contributed by atoms with E-state index >= 15 is 0 Å². The lowest BCUT2D eigenvalue weighted by Crippen LogP contribution is -2.65. The predicted octanol–water partition coefficient (Wildman–Crippen LogP) is 6.56. The summed E-state index contributed by atoms with van der Waals surface area (Å²) in [6.07, 6.45) is 24.7. The van der Waals surface area contributed by atoms with E-state index in [0.29, 0.717) is 12.0 Å². The smallest absolute Gasteiger partial charge is 0.139 e. The van der Waals surface area contributed by atoms with Crippen LogP contribution < -0.4 is 0 Å². The maximum Gasteiger partial charge on any atom is 0.139 e. The van der Waals surface area contributed by atoms with Crippen molar-refractivity contribution in [2.75, 3.05) is 26.2 Å². The Morgan fingerprint density at radius 2 is 1.74 bits per heavy atom. The molecule has 2 saturated heterocycles. The number of pyridine rings is 1. The van der Waals surface area contributed by atoms with Gasteiger partial charge in [-0.1, -0.05) is 36.4 Å². The number of phenolic OH excluding ortho intramolecular Hbond substituents is 1. The highest BCUT2D eigenvalue weighted by atomic mass is 16.3. The molecule has 3 N–H and O–H groups in total. The molecular weight excluding hydrogens is 520 g/mol. The van der Waals surface area contributed by atoms with E-state index in [-0.39, 0.29) is 17.2 Å². The molecule has 0 amide bonds. The second-order valence-electron chi connectivity index (χ2n) is 13.7. The average Bonchev–Trinajstić information content (AvgIpc) is 3.50. The number of hydrogen-bond acceptors (Lipinski definition) is 5. The van der Waals surface area contributed by atoms with Gasteiger partial charge in [0.1, 0.15) is 5.75 Å². The van der Waals surface area contributed by atoms with Gasteiger partial charge in [-0.2, -0.15) is 0 Å². The minimum absolute atomic E-state index is 0.0494. The van der Waals surface area contributed by atoms with Gasteiger partial charge in [-0.25, -0.2) is 0 Å². The third-order valence-electron chi connectivity index (χ3n) is 11.3. The van der Waals surface area contributed by atoms with Crippen molar-refractivity contribution in [3.63, 3.8) is 0 Å². The monoisotopic (exact) mass is 564 g/mol. The van der Waals surface area contributed by atoms with Crippen LogP contribution in [0.15, 0.2) is 60.8 Å². The fourth-order valence-corrected chi connectivity index (χ4v) is 9.64. The van der Waals surface area contributed by atoms with Crippen molar-refractivity contribution in [3.8, 4) is 5.75 Å². The number of rotatable bonds is 1. The SMILES string of the molecule is Oc1cccc2c1[nH]c1c(C3=C[C@@]4(O)CC/C=C\CCCCN5CC[C@@H]3[C@@]3(C[C@@H]6/C=C\CCCCN6C34)C5)nccc12. The molecule has 6 heteroatoms. The zero-order valence-electron chi connectivity index (χ0n) is 24.6. The number of nitrogens with zero attached hydrogens (tertiary/aromatic N) is 3. The van der Waals surface area contributed by atoms with Gasteiger partial charge in [0.05, 0.1) is 28.4 Å². The Kier molecular flexibility index (Phi) is 6.58. The zero-order chi connectivity index (χ0) is 28.3. The largest absolute Gasteiger partial charge is 0.506 e. The Hall–Kier alpha value is -2.93. The Morgan fingerprint density at radius 1 is 0.905 bits per heavy atom. The van der Waals surface area contributed by atoms with Gasteiger partial charge in [0.2, 0.25) is 0 Å². The summed E-state index contributed by atoms with van der Waals surface area (Å²) in [7, 11) is 0. The Morgan fingerprint density at radius 3 is 2.67 bits per heavy atom. The number of aromatic amines is 1. The van der Waals surface area contributed by atoms with E-state index < -0.39 is 5.60 Å². The summed E-state index contributed by atoms with van der Waals surface area (Å²) < 4.78 is 0. The van der Waals surface area contributed by atoms with E-state index in [0.717, 1.165) is 92.2 Å². The zero-order valence-corrected chi connectivity index (χ0v) is 24.6. The molecule has 4 aliphatic heterocycles. The number of aliphatic hydroxyl groups is 1. The first-order chi connectivity index (χ1) is 20.6. The van der Waals surface area contributed by atoms with E-state index in [9.17, 15) is 10.2 Å². The first kappa shape index (κ1) is 26.7. The first-order valence-electron chi connectivity index (χ1n) is 16.4. The highest BCUT2D eigenvalue weighted by Gasteiger charge is 2.65. The van der Waals surface area contributed by atoms with Crippen LogP contribution in [0, 0.1) is 11.3 Å². The number of nitrogens with one attached hydrogen (secondary N) is 1. The number of piperidine rings is 1. The van der Waals surface area contributed by atoms with Crippen LogP contribution in [-0.2, 0) is 0 Å². The molecule has 2 unspecified atom stereocenters. The van der Waals surface area contributed by atoms with Gasteiger partial charge < -0.3 is 20.1 Å². The van der Waals surface area contributed by atoms with E-state index in [1.165, 1.54) is 31.3 Å². The molecule has 1 aromatic carbocycles. The third-order valence-corrected chi connectivity index (χ3v) is 11.3. The van der Waals surface area contributed by atoms with Crippen molar-refractivity contribution in [2.45, 2.75) is 81.9 Å². The molecule has 3 aromatic rings. The predicted molar refractivity (Wildman–Crippen MR) is 169 cm³/mol. The van der Waals surface area contributed by atoms with Crippen LogP contribution in [-0.4, -0.2) is 73.8 Å². The van der Waals surface area contributed by atoms with E-state index in [4.69, 9.17) is 4.98 Å². The Labute approximate surface area is 248 Å². The summed E-state index contributed by atoms with van der Waals surface area (Å²) in [6.45, 7) is 4.33. The van der Waals surface area contributed by atoms with Crippen LogP contribution in [0.25, 0.3) is 27.4 Å². The lowest BCUT2D eigenvalue weighted by Gasteiger charge is -2.58. The van der Waals surface area contributed by atoms with Crippen molar-refractivity contribution in [1.29, 1.82) is 0 Å². The normalized spacial score (nSPS) is 37.0. The fraction of sp³-hybridized carbons (Fsp3) is 0.528. The molecule has 42 heavy (non-hydrogen) atoms. The van der Waals surface area contributed by atoms with Gasteiger partial charge in [-0.15, -0.1) is 0 Å². The highest BCUT2D eigenvalue weighted by Crippen LogP contribution is 2.61. The van der Waals surface area contributed by atoms with Crippen molar-refractivity contribution in [3.05, 3.63) is 66.5 Å². The minimum Gasteiger partial charge on any atom is -0.506 e. The van der Waals surface area contributed by atoms with Crippen LogP contribution in [0.3, 0.4) is 0 Å². The average molecular weight is 565 g/mol. The van der Waals surface area contributed by atoms with Crippen molar-refractivity contribution in [1.82, 2.24) is 19.8 Å². The molecular formula is C36H44N4O2. The van der Waals surface area contributed by atoms with Crippen LogP contribution >= 0.6 is 0 Å². The second kappa shape index (κ2) is 10.4. The second-order valence-corrected chi connectivity index (χ2v) is 13.7. The Bertz CT molecular complexity index is 1590. The molecule has 2 fully saturated rings. The van der Waals surface area contributed by atoms with Gasteiger partial charge in [-0.05, 0) is 114 Å². The van der Waals surface area contributed by atoms with Crippen LogP contribution in [0.4, 0.5) is 0 Å². The summed E-state index contributed by atoms with van der Waals surface area (Å²) >= 11 is 0. The van der Waals surface area contributed by atoms with Crippen molar-refractivity contribution in [2.24, 2.45) is 11.3 Å². The maximum absolute atomic E-state index is 13.1. The van der Waals surface area contributed by atoms with Crippen molar-refractivity contribution < 1.29 is 10.2 Å². The molecule has 3 bridgehead atoms. The molecule has 1 aliphatic carbocycles. The van der Waals surface area contributed by atoms with Crippen LogP contribution in [0.5, 0.6) is 5.75 Å². The van der Waals surface area contributed by atoms with Gasteiger partial charge in [0.15, 0.2) is 0 Å². The summed E-state index contributed by atoms with van der Waals surface area (Å²) in [4.78, 5) is 14.1. The number of phenols is 1. The number of para-hydroxylation sites is 1. The number of allylic oxidation sites excluding steroid dienone is 4. The van der Waals surface area contributed by atoms with Gasteiger partial charge >= 0.3 is 0 Å². The quantitative estimate of drug-likeness (QED) is 0.292. The topological polar surface area (TPSA) is 75.6 Å². The lowest BCUT2D eigenvalue weighted by atomic mass is 9.54. The molecule has 6 nitrogen and oxygen atoms in total. The number of benzene rings is 1. The van der Waals surface area contributed by atoms with E-state index in [1.807, 2.05) is 12.3 Å². The number of fused-ring (bicyclic) bond motifs is 5. The first-order valence-corrected chi connectivity index (χ1v) is 16.4. The molecule has 8 rings (SSSR count). The summed E-state index contributed by atoms with van der Waals surface area (Å²) in [5, 5.41) is 25.9. The molecule has 2 aromatic heterocycles. The Balaban J connectivity index is 1.35. The molecule has 5 aliphatic rings. The van der Waals surface area contributed by atoms with E-state index in [2.05, 4.69) is 57.3 Å². The molecule has 6 heterocycles. The number of H-pyrrole nitrogens is 1. The molecule has 0 radical (unpaired) electrons. The van der Waals surface area contributed by atoms with Gasteiger partial charge in [0, 0.05) is 35.0 Å². The summed E-state index contributed by atoms with van der Waals surface area (Å²) in [6, 6.07) is 8.24. The van der Waals surface area contributed by atoms with E-state index in [1.54, 1.807) is 6.07 Å². The highest BCUT2D eigenvalue weighted by molar-refractivity contribution is 6.11. The minimum atomic E-state index is -0.951. The lowest BCUT2D eigenvalue weighted by molar-refractivity contribution is -0.0894.